The first kappa shape index (κ1) is 32.3. The van der Waals surface area contributed by atoms with Crippen molar-refractivity contribution in [2.24, 2.45) is 11.8 Å². The third-order valence-electron chi connectivity index (χ3n) is 9.53. The summed E-state index contributed by atoms with van der Waals surface area (Å²) in [5.74, 6) is -1.13. The predicted octanol–water partition coefficient (Wildman–Crippen LogP) is 5.28. The topological polar surface area (TPSA) is 81.2 Å². The number of aliphatic hydroxyl groups excluding tert-OH is 1. The molecule has 1 aromatic carbocycles. The van der Waals surface area contributed by atoms with E-state index in [0.29, 0.717) is 26.2 Å². The number of para-hydroxylation sites is 1. The van der Waals surface area contributed by atoms with E-state index in [2.05, 4.69) is 27.0 Å². The Kier molecular flexibility index (Phi) is 10.3. The Morgan fingerprint density at radius 3 is 2.36 bits per heavy atom. The average Bonchev–Trinajstić information content (AvgIpc) is 3.52. The van der Waals surface area contributed by atoms with Gasteiger partial charge in [-0.2, -0.15) is 0 Å². The lowest BCUT2D eigenvalue weighted by Crippen LogP contribution is -2.55. The Hall–Kier alpha value is -2.58. The Bertz CT molecular complexity index is 1180. The molecule has 8 heteroatoms. The summed E-state index contributed by atoms with van der Waals surface area (Å²) in [5, 5.41) is 9.24. The molecule has 1 spiro atoms. The fourth-order valence-electron chi connectivity index (χ4n) is 7.78. The Morgan fingerprint density at radius 2 is 1.74 bits per heavy atom. The van der Waals surface area contributed by atoms with E-state index in [-0.39, 0.29) is 24.3 Å². The number of hydrogen-bond donors (Lipinski definition) is 1. The molecule has 4 rings (SSSR count). The van der Waals surface area contributed by atoms with Gasteiger partial charge in [-0.3, -0.25) is 14.4 Å². The van der Waals surface area contributed by atoms with Crippen molar-refractivity contribution < 1.29 is 19.5 Å². The summed E-state index contributed by atoms with van der Waals surface area (Å²) in [6.45, 7) is 18.1. The summed E-state index contributed by atoms with van der Waals surface area (Å²) in [4.78, 5) is 49.2. The Labute approximate surface area is 256 Å². The number of aliphatic hydroxyl groups is 1. The molecule has 2 unspecified atom stereocenters. The number of hydrogen-bond acceptors (Lipinski definition) is 5. The molecule has 7 nitrogen and oxygen atoms in total. The van der Waals surface area contributed by atoms with Crippen LogP contribution in [-0.2, 0) is 14.4 Å². The first-order valence-electron chi connectivity index (χ1n) is 15.6. The predicted molar refractivity (Wildman–Crippen MR) is 172 cm³/mol. The van der Waals surface area contributed by atoms with Gasteiger partial charge >= 0.3 is 0 Å². The molecule has 42 heavy (non-hydrogen) atoms. The molecule has 3 aliphatic heterocycles. The third-order valence-corrected chi connectivity index (χ3v) is 11.5. The second-order valence-electron chi connectivity index (χ2n) is 12.4. The maximum absolute atomic E-state index is 14.9. The lowest BCUT2D eigenvalue weighted by atomic mass is 9.66. The number of aryl methyl sites for hydroxylation is 2. The number of fused-ring (bicyclic) bond motifs is 1. The highest BCUT2D eigenvalue weighted by atomic mass is 32.2. The fourth-order valence-corrected chi connectivity index (χ4v) is 10.1. The summed E-state index contributed by atoms with van der Waals surface area (Å²) >= 11 is 1.73. The minimum atomic E-state index is -0.657. The number of nitrogens with zero attached hydrogens (tertiary/aromatic N) is 3. The zero-order valence-electron chi connectivity index (χ0n) is 25.9. The van der Waals surface area contributed by atoms with E-state index in [9.17, 15) is 19.5 Å². The summed E-state index contributed by atoms with van der Waals surface area (Å²) in [6, 6.07) is 5.36. The zero-order chi connectivity index (χ0) is 30.7. The van der Waals surface area contributed by atoms with Crippen molar-refractivity contribution in [3.05, 3.63) is 54.6 Å². The van der Waals surface area contributed by atoms with Crippen LogP contribution in [-0.4, -0.2) is 80.9 Å². The number of benzene rings is 1. The number of rotatable bonds is 15. The van der Waals surface area contributed by atoms with Crippen LogP contribution in [0.25, 0.3) is 0 Å². The quantitative estimate of drug-likeness (QED) is 0.220. The molecule has 0 aliphatic carbocycles. The van der Waals surface area contributed by atoms with Gasteiger partial charge in [0, 0.05) is 43.2 Å². The highest BCUT2D eigenvalue weighted by Crippen LogP contribution is 2.71. The molecule has 1 aromatic rings. The summed E-state index contributed by atoms with van der Waals surface area (Å²) in [6.07, 6.45) is 9.08. The van der Waals surface area contributed by atoms with Crippen LogP contribution in [0.2, 0.25) is 0 Å². The van der Waals surface area contributed by atoms with Crippen molar-refractivity contribution in [1.29, 1.82) is 0 Å². The van der Waals surface area contributed by atoms with E-state index < -0.39 is 27.4 Å². The fraction of sp³-hybridized carbons (Fsp3) is 0.618. The SMILES string of the molecule is C=CCN(CCC)C(=O)[C@H]1[C@H]2C(=O)N(CCCCCCO)C(C(=O)N(CC=C)c3c(C)cccc3C)C23CC[C@]1(C)S3. The highest BCUT2D eigenvalue weighted by Gasteiger charge is 2.77. The normalized spacial score (nSPS) is 27.7. The van der Waals surface area contributed by atoms with Crippen LogP contribution in [0.15, 0.2) is 43.5 Å². The molecule has 3 heterocycles. The molecular weight excluding hydrogens is 546 g/mol. The van der Waals surface area contributed by atoms with Crippen molar-refractivity contribution in [3.63, 3.8) is 0 Å². The van der Waals surface area contributed by atoms with E-state index in [1.807, 2.05) is 46.7 Å². The lowest BCUT2D eigenvalue weighted by molar-refractivity contribution is -0.145. The first-order valence-corrected chi connectivity index (χ1v) is 16.4. The first-order chi connectivity index (χ1) is 20.1. The van der Waals surface area contributed by atoms with Crippen LogP contribution in [0.4, 0.5) is 5.69 Å². The van der Waals surface area contributed by atoms with Crippen LogP contribution >= 0.6 is 11.8 Å². The Morgan fingerprint density at radius 1 is 1.07 bits per heavy atom. The molecule has 3 fully saturated rings. The molecule has 2 bridgehead atoms. The molecule has 0 radical (unpaired) electrons. The minimum absolute atomic E-state index is 0.0142. The van der Waals surface area contributed by atoms with E-state index in [4.69, 9.17) is 0 Å². The second kappa shape index (κ2) is 13.4. The standard InChI is InChI=1S/C34H49N3O4S/c1-7-19-35(20-8-2)30(39)26-27-31(40)37(22-12-10-11-13-23-38)29(34(27)18-17-33(26,6)42-34)32(41)36(21-9-3)28-24(4)15-14-16-25(28)5/h7,9,14-16,26-27,29,38H,1,3,8,10-13,17-23H2,2,4-6H3/t26-,27+,29?,33+,34?/m1/s1. The van der Waals surface area contributed by atoms with Gasteiger partial charge in [-0.15, -0.1) is 24.9 Å². The van der Waals surface area contributed by atoms with Gasteiger partial charge in [0.1, 0.15) is 6.04 Å². The highest BCUT2D eigenvalue weighted by molar-refractivity contribution is 8.02. The van der Waals surface area contributed by atoms with E-state index in [1.165, 1.54) is 0 Å². The second-order valence-corrected chi connectivity index (χ2v) is 14.3. The minimum Gasteiger partial charge on any atom is -0.396 e. The van der Waals surface area contributed by atoms with E-state index >= 15 is 0 Å². The van der Waals surface area contributed by atoms with E-state index in [1.54, 1.807) is 23.9 Å². The molecule has 1 N–H and O–H groups in total. The van der Waals surface area contributed by atoms with Crippen molar-refractivity contribution in [1.82, 2.24) is 9.80 Å². The monoisotopic (exact) mass is 595 g/mol. The largest absolute Gasteiger partial charge is 0.396 e. The van der Waals surface area contributed by atoms with Gasteiger partial charge in [-0.25, -0.2) is 0 Å². The van der Waals surface area contributed by atoms with E-state index in [0.717, 1.165) is 61.8 Å². The summed E-state index contributed by atoms with van der Waals surface area (Å²) in [5.41, 5.74) is 2.87. The van der Waals surface area contributed by atoms with Crippen molar-refractivity contribution in [2.45, 2.75) is 88.2 Å². The van der Waals surface area contributed by atoms with Crippen LogP contribution in [0.1, 0.15) is 69.9 Å². The molecule has 230 valence electrons. The maximum atomic E-state index is 14.9. The van der Waals surface area contributed by atoms with Crippen LogP contribution < -0.4 is 4.90 Å². The van der Waals surface area contributed by atoms with Gasteiger partial charge in [0.25, 0.3) is 5.91 Å². The summed E-state index contributed by atoms with van der Waals surface area (Å²) < 4.78 is -1.06. The third kappa shape index (κ3) is 5.57. The van der Waals surface area contributed by atoms with Crippen molar-refractivity contribution in [3.8, 4) is 0 Å². The number of carbonyl (C=O) groups excluding carboxylic acids is 3. The van der Waals surface area contributed by atoms with Gasteiger partial charge in [-0.1, -0.05) is 50.1 Å². The van der Waals surface area contributed by atoms with Gasteiger partial charge in [0.15, 0.2) is 0 Å². The molecule has 3 saturated heterocycles. The number of unbranched alkanes of at least 4 members (excludes halogenated alkanes) is 3. The zero-order valence-corrected chi connectivity index (χ0v) is 26.8. The van der Waals surface area contributed by atoms with Gasteiger partial charge in [0.05, 0.1) is 16.6 Å². The van der Waals surface area contributed by atoms with Gasteiger partial charge in [0.2, 0.25) is 11.8 Å². The number of carbonyl (C=O) groups is 3. The van der Waals surface area contributed by atoms with Crippen LogP contribution in [0, 0.1) is 25.7 Å². The number of anilines is 1. The molecule has 3 aliphatic rings. The van der Waals surface area contributed by atoms with Crippen molar-refractivity contribution >= 4 is 35.2 Å². The lowest BCUT2D eigenvalue weighted by Gasteiger charge is -2.38. The van der Waals surface area contributed by atoms with Crippen LogP contribution in [0.5, 0.6) is 0 Å². The maximum Gasteiger partial charge on any atom is 0.251 e. The number of likely N-dealkylation sites (tertiary alicyclic amines) is 1. The molecule has 3 amide bonds. The van der Waals surface area contributed by atoms with Crippen LogP contribution in [0.3, 0.4) is 0 Å². The van der Waals surface area contributed by atoms with Crippen molar-refractivity contribution in [2.75, 3.05) is 37.7 Å². The molecule has 0 saturated carbocycles. The smallest absolute Gasteiger partial charge is 0.251 e. The molecular formula is C34H49N3O4S. The molecule has 0 aromatic heterocycles. The molecule has 5 atom stereocenters. The number of thioether (sulfide) groups is 1. The average molecular weight is 596 g/mol. The van der Waals surface area contributed by atoms with Gasteiger partial charge in [-0.05, 0) is 64.0 Å². The van der Waals surface area contributed by atoms with Gasteiger partial charge < -0.3 is 19.8 Å². The summed E-state index contributed by atoms with van der Waals surface area (Å²) in [7, 11) is 0. The number of amides is 3. The Balaban J connectivity index is 1.78.